The molecule has 0 aliphatic rings. The van der Waals surface area contributed by atoms with Gasteiger partial charge in [0.05, 0.1) is 0 Å². The Hall–Kier alpha value is -2.00. The third-order valence-electron chi connectivity index (χ3n) is 3.64. The molecule has 0 bridgehead atoms. The standard InChI is InChI=1S/C19H23ClN4O2.HI/c1-22-19(24(2)12-14-6-8-16(20)9-7-14)23-11-15-4-3-5-17(10-15)26-13-18(21)25;/h3-10H,11-13H2,1-2H3,(H2,21,25)(H,22,23);1H. The average molecular weight is 503 g/mol. The van der Waals surface area contributed by atoms with Gasteiger partial charge >= 0.3 is 0 Å². The van der Waals surface area contributed by atoms with Gasteiger partial charge in [-0.25, -0.2) is 0 Å². The molecule has 0 aromatic heterocycles. The van der Waals surface area contributed by atoms with E-state index >= 15 is 0 Å². The summed E-state index contributed by atoms with van der Waals surface area (Å²) < 4.78 is 5.32. The highest BCUT2D eigenvalue weighted by Gasteiger charge is 2.07. The lowest BCUT2D eigenvalue weighted by Gasteiger charge is -2.22. The zero-order valence-electron chi connectivity index (χ0n) is 15.3. The van der Waals surface area contributed by atoms with Gasteiger partial charge in [0.1, 0.15) is 5.75 Å². The van der Waals surface area contributed by atoms with Gasteiger partial charge in [0.25, 0.3) is 5.91 Å². The number of rotatable bonds is 7. The van der Waals surface area contributed by atoms with E-state index in [-0.39, 0.29) is 30.6 Å². The second kappa shape index (κ2) is 11.7. The molecule has 0 spiro atoms. The summed E-state index contributed by atoms with van der Waals surface area (Å²) in [6.07, 6.45) is 0. The first-order valence-corrected chi connectivity index (χ1v) is 8.52. The number of benzene rings is 2. The quantitative estimate of drug-likeness (QED) is 0.347. The lowest BCUT2D eigenvalue weighted by Crippen LogP contribution is -2.38. The van der Waals surface area contributed by atoms with E-state index < -0.39 is 5.91 Å². The highest BCUT2D eigenvalue weighted by molar-refractivity contribution is 14.0. The molecule has 0 fully saturated rings. The Kier molecular flexibility index (Phi) is 9.95. The summed E-state index contributed by atoms with van der Waals surface area (Å²) in [6.45, 7) is 1.15. The first kappa shape index (κ1) is 23.0. The summed E-state index contributed by atoms with van der Waals surface area (Å²) in [5, 5.41) is 4.03. The third-order valence-corrected chi connectivity index (χ3v) is 3.89. The minimum Gasteiger partial charge on any atom is -0.484 e. The summed E-state index contributed by atoms with van der Waals surface area (Å²) in [7, 11) is 3.71. The van der Waals surface area contributed by atoms with Crippen molar-refractivity contribution in [3.63, 3.8) is 0 Å². The average Bonchev–Trinajstić information content (AvgIpc) is 2.63. The van der Waals surface area contributed by atoms with Crippen molar-refractivity contribution in [3.8, 4) is 5.75 Å². The second-order valence-electron chi connectivity index (χ2n) is 5.79. The second-order valence-corrected chi connectivity index (χ2v) is 6.22. The molecule has 0 heterocycles. The van der Waals surface area contributed by atoms with E-state index in [0.717, 1.165) is 22.1 Å². The number of primary amides is 1. The van der Waals surface area contributed by atoms with Gasteiger partial charge in [-0.15, -0.1) is 24.0 Å². The van der Waals surface area contributed by atoms with Crippen LogP contribution in [0.5, 0.6) is 5.75 Å². The van der Waals surface area contributed by atoms with Gasteiger partial charge in [-0.3, -0.25) is 9.79 Å². The molecule has 0 saturated carbocycles. The van der Waals surface area contributed by atoms with Crippen LogP contribution in [0, 0.1) is 0 Å². The zero-order chi connectivity index (χ0) is 18.9. The van der Waals surface area contributed by atoms with Gasteiger partial charge in [-0.05, 0) is 35.4 Å². The van der Waals surface area contributed by atoms with Gasteiger partial charge in [0.15, 0.2) is 12.6 Å². The van der Waals surface area contributed by atoms with Crippen LogP contribution in [0.25, 0.3) is 0 Å². The zero-order valence-corrected chi connectivity index (χ0v) is 18.4. The highest BCUT2D eigenvalue weighted by Crippen LogP contribution is 2.14. The number of carbonyl (C=O) groups is 1. The number of hydrogen-bond acceptors (Lipinski definition) is 3. The molecular weight excluding hydrogens is 479 g/mol. The Balaban J connectivity index is 0.00000364. The van der Waals surface area contributed by atoms with E-state index in [1.54, 1.807) is 13.1 Å². The molecule has 6 nitrogen and oxygen atoms in total. The number of nitrogens with zero attached hydrogens (tertiary/aromatic N) is 2. The molecule has 146 valence electrons. The maximum Gasteiger partial charge on any atom is 0.255 e. The van der Waals surface area contributed by atoms with Crippen molar-refractivity contribution in [2.24, 2.45) is 10.7 Å². The Labute approximate surface area is 181 Å². The van der Waals surface area contributed by atoms with E-state index in [9.17, 15) is 4.79 Å². The topological polar surface area (TPSA) is 80.0 Å². The van der Waals surface area contributed by atoms with Crippen LogP contribution in [0.1, 0.15) is 11.1 Å². The molecule has 0 radical (unpaired) electrons. The van der Waals surface area contributed by atoms with Crippen LogP contribution in [-0.4, -0.2) is 37.5 Å². The van der Waals surface area contributed by atoms with Crippen LogP contribution in [0.3, 0.4) is 0 Å². The molecular formula is C19H24ClIN4O2. The van der Waals surface area contributed by atoms with Gasteiger partial charge in [-0.1, -0.05) is 35.9 Å². The van der Waals surface area contributed by atoms with Crippen molar-refractivity contribution in [3.05, 3.63) is 64.7 Å². The summed E-state index contributed by atoms with van der Waals surface area (Å²) in [4.78, 5) is 17.1. The molecule has 1 amide bonds. The SMILES string of the molecule is CN=C(NCc1cccc(OCC(N)=O)c1)N(C)Cc1ccc(Cl)cc1.I. The number of guanidine groups is 1. The molecule has 0 atom stereocenters. The Bertz CT molecular complexity index is 769. The smallest absolute Gasteiger partial charge is 0.255 e. The molecule has 0 aliphatic carbocycles. The fraction of sp³-hybridized carbons (Fsp3) is 0.263. The van der Waals surface area contributed by atoms with Gasteiger partial charge in [0, 0.05) is 32.2 Å². The van der Waals surface area contributed by atoms with Gasteiger partial charge in [-0.2, -0.15) is 0 Å². The normalized spacial score (nSPS) is 10.7. The van der Waals surface area contributed by atoms with Crippen LogP contribution in [0.4, 0.5) is 0 Å². The first-order valence-electron chi connectivity index (χ1n) is 8.14. The lowest BCUT2D eigenvalue weighted by atomic mass is 10.2. The number of halogens is 2. The molecule has 8 heteroatoms. The molecule has 2 rings (SSSR count). The number of nitrogens with two attached hydrogens (primary N) is 1. The van der Waals surface area contributed by atoms with E-state index in [0.29, 0.717) is 18.8 Å². The molecule has 3 N–H and O–H groups in total. The van der Waals surface area contributed by atoms with Crippen molar-refractivity contribution >= 4 is 47.4 Å². The van der Waals surface area contributed by atoms with Crippen molar-refractivity contribution in [1.82, 2.24) is 10.2 Å². The summed E-state index contributed by atoms with van der Waals surface area (Å²) in [5.74, 6) is 0.869. The molecule has 2 aromatic carbocycles. The highest BCUT2D eigenvalue weighted by atomic mass is 127. The maximum absolute atomic E-state index is 10.8. The minimum atomic E-state index is -0.502. The summed E-state index contributed by atoms with van der Waals surface area (Å²) >= 11 is 5.92. The van der Waals surface area contributed by atoms with Crippen molar-refractivity contribution in [1.29, 1.82) is 0 Å². The molecule has 0 aliphatic heterocycles. The molecule has 27 heavy (non-hydrogen) atoms. The van der Waals surface area contributed by atoms with Crippen LogP contribution in [0.2, 0.25) is 5.02 Å². The Morgan fingerprint density at radius 1 is 1.22 bits per heavy atom. The van der Waals surface area contributed by atoms with Gasteiger partial charge < -0.3 is 20.7 Å². The summed E-state index contributed by atoms with van der Waals surface area (Å²) in [5.41, 5.74) is 7.24. The number of carbonyl (C=O) groups excluding carboxylic acids is 1. The van der Waals surface area contributed by atoms with E-state index in [1.165, 1.54) is 0 Å². The molecule has 2 aromatic rings. The Morgan fingerprint density at radius 3 is 2.56 bits per heavy atom. The first-order chi connectivity index (χ1) is 12.5. The van der Waals surface area contributed by atoms with Gasteiger partial charge in [0.2, 0.25) is 0 Å². The summed E-state index contributed by atoms with van der Waals surface area (Å²) in [6, 6.07) is 15.2. The van der Waals surface area contributed by atoms with Crippen LogP contribution >= 0.6 is 35.6 Å². The van der Waals surface area contributed by atoms with Crippen molar-refractivity contribution < 1.29 is 9.53 Å². The Morgan fingerprint density at radius 2 is 1.93 bits per heavy atom. The fourth-order valence-electron chi connectivity index (χ4n) is 2.40. The predicted molar refractivity (Wildman–Crippen MR) is 120 cm³/mol. The largest absolute Gasteiger partial charge is 0.484 e. The van der Waals surface area contributed by atoms with Crippen molar-refractivity contribution in [2.45, 2.75) is 13.1 Å². The number of nitrogens with one attached hydrogen (secondary N) is 1. The van der Waals surface area contributed by atoms with Crippen LogP contribution in [0.15, 0.2) is 53.5 Å². The number of aliphatic imine (C=N–C) groups is 1. The monoisotopic (exact) mass is 502 g/mol. The number of ether oxygens (including phenoxy) is 1. The number of amides is 1. The molecule has 0 unspecified atom stereocenters. The van der Waals surface area contributed by atoms with Crippen LogP contribution < -0.4 is 15.8 Å². The minimum absolute atomic E-state index is 0. The maximum atomic E-state index is 10.8. The lowest BCUT2D eigenvalue weighted by molar-refractivity contribution is -0.119. The number of hydrogen-bond donors (Lipinski definition) is 2. The predicted octanol–water partition coefficient (Wildman–Crippen LogP) is 3.03. The molecule has 0 saturated heterocycles. The van der Waals surface area contributed by atoms with E-state index in [2.05, 4.69) is 10.3 Å². The van der Waals surface area contributed by atoms with E-state index in [1.807, 2.05) is 54.4 Å². The fourth-order valence-corrected chi connectivity index (χ4v) is 2.53. The van der Waals surface area contributed by atoms with Crippen LogP contribution in [-0.2, 0) is 17.9 Å². The van der Waals surface area contributed by atoms with Crippen molar-refractivity contribution in [2.75, 3.05) is 20.7 Å². The van der Waals surface area contributed by atoms with E-state index in [4.69, 9.17) is 22.1 Å². The third kappa shape index (κ3) is 8.04.